The van der Waals surface area contributed by atoms with Gasteiger partial charge in [-0.05, 0) is 13.8 Å². The maximum Gasteiger partial charge on any atom is 0.203 e. The number of aromatic nitrogens is 5. The van der Waals surface area contributed by atoms with Gasteiger partial charge in [0.15, 0.2) is 5.75 Å². The van der Waals surface area contributed by atoms with Gasteiger partial charge >= 0.3 is 0 Å². The Bertz CT molecular complexity index is 485. The van der Waals surface area contributed by atoms with Gasteiger partial charge in [-0.25, -0.2) is 4.98 Å². The summed E-state index contributed by atoms with van der Waals surface area (Å²) in [6.45, 7) is 4.39. The summed E-state index contributed by atoms with van der Waals surface area (Å²) in [6.07, 6.45) is 1.59. The first kappa shape index (κ1) is 9.70. The summed E-state index contributed by atoms with van der Waals surface area (Å²) in [6, 6.07) is 0. The van der Waals surface area contributed by atoms with Crippen molar-refractivity contribution in [1.82, 2.24) is 24.5 Å². The molecule has 6 heteroatoms. The third-order valence-corrected chi connectivity index (χ3v) is 2.21. The molecule has 1 N–H and O–H groups in total. The van der Waals surface area contributed by atoms with E-state index in [0.29, 0.717) is 23.8 Å². The van der Waals surface area contributed by atoms with E-state index in [9.17, 15) is 5.11 Å². The van der Waals surface area contributed by atoms with Crippen LogP contribution in [0.25, 0.3) is 11.5 Å². The molecule has 0 aromatic carbocycles. The molecule has 0 spiro atoms. The van der Waals surface area contributed by atoms with Gasteiger partial charge in [0.05, 0.1) is 0 Å². The van der Waals surface area contributed by atoms with Gasteiger partial charge in [-0.2, -0.15) is 5.10 Å². The Labute approximate surface area is 87.2 Å². The Morgan fingerprint density at radius 2 is 2.13 bits per heavy atom. The van der Waals surface area contributed by atoms with E-state index in [0.717, 1.165) is 0 Å². The molecule has 80 valence electrons. The van der Waals surface area contributed by atoms with E-state index in [-0.39, 0.29) is 5.75 Å². The van der Waals surface area contributed by atoms with Crippen LogP contribution in [-0.2, 0) is 13.6 Å². The lowest BCUT2D eigenvalue weighted by atomic mass is 10.3. The highest BCUT2D eigenvalue weighted by molar-refractivity contribution is 5.60. The second kappa shape index (κ2) is 3.38. The normalized spacial score (nSPS) is 10.9. The predicted octanol–water partition coefficient (Wildman–Crippen LogP) is 0.713. The Balaban J connectivity index is 2.60. The molecule has 0 saturated heterocycles. The van der Waals surface area contributed by atoms with Crippen molar-refractivity contribution in [1.29, 1.82) is 0 Å². The first-order valence-electron chi connectivity index (χ1n) is 4.75. The molecule has 6 nitrogen and oxygen atoms in total. The van der Waals surface area contributed by atoms with Crippen LogP contribution in [0, 0.1) is 6.92 Å². The van der Waals surface area contributed by atoms with Crippen LogP contribution in [0.1, 0.15) is 12.6 Å². The van der Waals surface area contributed by atoms with Crippen molar-refractivity contribution in [3.63, 3.8) is 0 Å². The molecule has 0 saturated carbocycles. The zero-order valence-corrected chi connectivity index (χ0v) is 8.97. The molecule has 0 aliphatic carbocycles. The van der Waals surface area contributed by atoms with E-state index in [1.54, 1.807) is 29.7 Å². The average molecular weight is 207 g/mol. The molecule has 0 fully saturated rings. The summed E-state index contributed by atoms with van der Waals surface area (Å²) in [5.74, 6) is 0.653. The Morgan fingerprint density at radius 1 is 1.40 bits per heavy atom. The number of hydrogen-bond acceptors (Lipinski definition) is 4. The number of nitrogens with zero attached hydrogens (tertiary/aromatic N) is 5. The lowest BCUT2D eigenvalue weighted by Gasteiger charge is -1.99. The summed E-state index contributed by atoms with van der Waals surface area (Å²) >= 11 is 0. The fourth-order valence-corrected chi connectivity index (χ4v) is 1.47. The van der Waals surface area contributed by atoms with Crippen LogP contribution in [0.2, 0.25) is 0 Å². The summed E-state index contributed by atoms with van der Waals surface area (Å²) in [7, 11) is 1.78. The van der Waals surface area contributed by atoms with Gasteiger partial charge in [-0.15, -0.1) is 5.10 Å². The van der Waals surface area contributed by atoms with Crippen molar-refractivity contribution in [2.75, 3.05) is 0 Å². The zero-order chi connectivity index (χ0) is 11.0. The summed E-state index contributed by atoms with van der Waals surface area (Å²) in [5.41, 5.74) is 1.18. The molecule has 0 amide bonds. The first-order valence-corrected chi connectivity index (χ1v) is 4.75. The summed E-state index contributed by atoms with van der Waals surface area (Å²) < 4.78 is 3.29. The van der Waals surface area contributed by atoms with Gasteiger partial charge in [0.1, 0.15) is 17.7 Å². The second-order valence-corrected chi connectivity index (χ2v) is 3.34. The molecule has 0 radical (unpaired) electrons. The van der Waals surface area contributed by atoms with E-state index >= 15 is 0 Å². The van der Waals surface area contributed by atoms with E-state index < -0.39 is 0 Å². The van der Waals surface area contributed by atoms with E-state index in [1.807, 2.05) is 6.92 Å². The molecule has 2 heterocycles. The Morgan fingerprint density at radius 3 is 2.67 bits per heavy atom. The molecule has 0 aliphatic heterocycles. The number of aromatic hydroxyl groups is 1. The van der Waals surface area contributed by atoms with Crippen LogP contribution in [0.15, 0.2) is 6.33 Å². The van der Waals surface area contributed by atoms with E-state index in [1.165, 1.54) is 0 Å². The van der Waals surface area contributed by atoms with Crippen LogP contribution in [-0.4, -0.2) is 29.7 Å². The van der Waals surface area contributed by atoms with Crippen molar-refractivity contribution in [3.8, 4) is 17.3 Å². The monoisotopic (exact) mass is 207 g/mol. The number of rotatable bonds is 2. The molecular weight excluding hydrogens is 194 g/mol. The first-order chi connectivity index (χ1) is 7.13. The van der Waals surface area contributed by atoms with Crippen LogP contribution < -0.4 is 0 Å². The quantitative estimate of drug-likeness (QED) is 0.787. The molecular formula is C9H13N5O. The van der Waals surface area contributed by atoms with Crippen molar-refractivity contribution >= 4 is 0 Å². The number of aryl methyl sites for hydroxylation is 3. The highest BCUT2D eigenvalue weighted by Crippen LogP contribution is 2.29. The standard InChI is InChI=1S/C9H13N5O/c1-4-14-7(8(15)6(2)11-14)9-10-5-13(3)12-9/h5,15H,4H2,1-3H3. The summed E-state index contributed by atoms with van der Waals surface area (Å²) in [4.78, 5) is 4.10. The minimum Gasteiger partial charge on any atom is -0.504 e. The molecule has 0 aliphatic rings. The fraction of sp³-hybridized carbons (Fsp3) is 0.444. The van der Waals surface area contributed by atoms with Crippen LogP contribution in [0.5, 0.6) is 5.75 Å². The molecule has 2 aromatic rings. The smallest absolute Gasteiger partial charge is 0.203 e. The largest absolute Gasteiger partial charge is 0.504 e. The topological polar surface area (TPSA) is 68.8 Å². The minimum atomic E-state index is 0.156. The maximum atomic E-state index is 9.84. The molecule has 15 heavy (non-hydrogen) atoms. The summed E-state index contributed by atoms with van der Waals surface area (Å²) in [5, 5.41) is 18.2. The highest BCUT2D eigenvalue weighted by Gasteiger charge is 2.18. The highest BCUT2D eigenvalue weighted by atomic mass is 16.3. The van der Waals surface area contributed by atoms with Crippen molar-refractivity contribution < 1.29 is 5.11 Å². The van der Waals surface area contributed by atoms with Gasteiger partial charge in [-0.1, -0.05) is 0 Å². The fourth-order valence-electron chi connectivity index (χ4n) is 1.47. The third-order valence-electron chi connectivity index (χ3n) is 2.21. The zero-order valence-electron chi connectivity index (χ0n) is 8.97. The lowest BCUT2D eigenvalue weighted by molar-refractivity contribution is 0.472. The molecule has 0 atom stereocenters. The van der Waals surface area contributed by atoms with Crippen LogP contribution in [0.4, 0.5) is 0 Å². The minimum absolute atomic E-state index is 0.156. The van der Waals surface area contributed by atoms with Crippen molar-refractivity contribution in [3.05, 3.63) is 12.0 Å². The predicted molar refractivity (Wildman–Crippen MR) is 54.3 cm³/mol. The molecule has 2 aromatic heterocycles. The molecule has 0 bridgehead atoms. The van der Waals surface area contributed by atoms with Crippen molar-refractivity contribution in [2.24, 2.45) is 7.05 Å². The van der Waals surface area contributed by atoms with Gasteiger partial charge in [0.25, 0.3) is 0 Å². The molecule has 2 rings (SSSR count). The van der Waals surface area contributed by atoms with Crippen molar-refractivity contribution in [2.45, 2.75) is 20.4 Å². The Hall–Kier alpha value is -1.85. The second-order valence-electron chi connectivity index (χ2n) is 3.34. The van der Waals surface area contributed by atoms with Gasteiger partial charge in [0, 0.05) is 13.6 Å². The van der Waals surface area contributed by atoms with Gasteiger partial charge in [-0.3, -0.25) is 9.36 Å². The maximum absolute atomic E-state index is 9.84. The average Bonchev–Trinajstić information content (AvgIpc) is 2.73. The Kier molecular flexibility index (Phi) is 2.18. The lowest BCUT2D eigenvalue weighted by Crippen LogP contribution is -2.00. The van der Waals surface area contributed by atoms with E-state index in [2.05, 4.69) is 15.2 Å². The van der Waals surface area contributed by atoms with Gasteiger partial charge in [0.2, 0.25) is 5.82 Å². The van der Waals surface area contributed by atoms with Crippen LogP contribution >= 0.6 is 0 Å². The van der Waals surface area contributed by atoms with Gasteiger partial charge < -0.3 is 5.11 Å². The molecule has 0 unspecified atom stereocenters. The third kappa shape index (κ3) is 1.47. The van der Waals surface area contributed by atoms with Crippen LogP contribution in [0.3, 0.4) is 0 Å². The SMILES string of the molecule is CCn1nc(C)c(O)c1-c1ncn(C)n1. The number of hydrogen-bond donors (Lipinski definition) is 1. The van der Waals surface area contributed by atoms with E-state index in [4.69, 9.17) is 0 Å².